The maximum atomic E-state index is 12.1. The maximum Gasteiger partial charge on any atom is 0.226 e. The van der Waals surface area contributed by atoms with Gasteiger partial charge in [-0.1, -0.05) is 19.1 Å². The summed E-state index contributed by atoms with van der Waals surface area (Å²) in [5, 5.41) is 0. The smallest absolute Gasteiger partial charge is 0.226 e. The fourth-order valence-corrected chi connectivity index (χ4v) is 2.33. The molecular weight excluding hydrogens is 254 g/mol. The Kier molecular flexibility index (Phi) is 5.24. The number of benzene rings is 1. The van der Waals surface area contributed by atoms with E-state index in [9.17, 15) is 4.79 Å². The van der Waals surface area contributed by atoms with Crippen LogP contribution in [-0.2, 0) is 4.79 Å². The number of hydrogen-bond acceptors (Lipinski definition) is 4. The van der Waals surface area contributed by atoms with E-state index in [2.05, 4.69) is 11.8 Å². The number of nitrogen functional groups attached to an aromatic ring is 1. The summed E-state index contributed by atoms with van der Waals surface area (Å²) in [6.45, 7) is 7.15. The van der Waals surface area contributed by atoms with Crippen LogP contribution in [0.25, 0.3) is 0 Å². The highest BCUT2D eigenvalue weighted by Gasteiger charge is 2.19. The number of likely N-dealkylation sites (N-methyl/N-ethyl adjacent to an activating group) is 1. The van der Waals surface area contributed by atoms with Crippen molar-refractivity contribution in [3.05, 3.63) is 24.3 Å². The van der Waals surface area contributed by atoms with Gasteiger partial charge in [0.05, 0.1) is 18.7 Å². The Balaban J connectivity index is 1.72. The van der Waals surface area contributed by atoms with Crippen LogP contribution >= 0.6 is 0 Å². The summed E-state index contributed by atoms with van der Waals surface area (Å²) in [7, 11) is 0. The van der Waals surface area contributed by atoms with Crippen LogP contribution in [-0.4, -0.2) is 55.0 Å². The molecule has 1 aromatic rings. The Morgan fingerprint density at radius 2 is 1.95 bits per heavy atom. The Bertz CT molecular complexity index is 442. The maximum absolute atomic E-state index is 12.1. The van der Waals surface area contributed by atoms with Gasteiger partial charge in [-0.2, -0.15) is 0 Å². The molecule has 5 heteroatoms. The lowest BCUT2D eigenvalue weighted by molar-refractivity contribution is -0.133. The Morgan fingerprint density at radius 3 is 2.60 bits per heavy atom. The zero-order chi connectivity index (χ0) is 14.4. The molecule has 0 spiro atoms. The molecule has 0 aliphatic carbocycles. The van der Waals surface area contributed by atoms with E-state index in [4.69, 9.17) is 10.5 Å². The summed E-state index contributed by atoms with van der Waals surface area (Å²) >= 11 is 0. The summed E-state index contributed by atoms with van der Waals surface area (Å²) in [5.74, 6) is 0.811. The van der Waals surface area contributed by atoms with Gasteiger partial charge in [-0.05, 0) is 18.7 Å². The second-order valence-corrected chi connectivity index (χ2v) is 4.95. The van der Waals surface area contributed by atoms with E-state index in [0.717, 1.165) is 32.7 Å². The van der Waals surface area contributed by atoms with Gasteiger partial charge in [0.15, 0.2) is 0 Å². The number of carbonyl (C=O) groups is 1. The molecule has 2 rings (SSSR count). The molecule has 1 heterocycles. The summed E-state index contributed by atoms with van der Waals surface area (Å²) in [5.41, 5.74) is 6.39. The second kappa shape index (κ2) is 7.14. The van der Waals surface area contributed by atoms with E-state index in [-0.39, 0.29) is 5.91 Å². The molecule has 0 atom stereocenters. The minimum absolute atomic E-state index is 0.162. The van der Waals surface area contributed by atoms with Crippen LogP contribution in [0.1, 0.15) is 13.3 Å². The van der Waals surface area contributed by atoms with Crippen LogP contribution in [0.3, 0.4) is 0 Å². The number of nitrogens with two attached hydrogens (primary N) is 1. The summed E-state index contributed by atoms with van der Waals surface area (Å²) < 4.78 is 5.56. The Hall–Kier alpha value is -1.75. The largest absolute Gasteiger partial charge is 0.491 e. The molecule has 1 fully saturated rings. The average molecular weight is 277 g/mol. The Morgan fingerprint density at radius 1 is 1.25 bits per heavy atom. The minimum atomic E-state index is 0.162. The van der Waals surface area contributed by atoms with E-state index < -0.39 is 0 Å². The van der Waals surface area contributed by atoms with E-state index >= 15 is 0 Å². The molecule has 1 aliphatic heterocycles. The minimum Gasteiger partial charge on any atom is -0.491 e. The van der Waals surface area contributed by atoms with Crippen molar-refractivity contribution in [2.24, 2.45) is 0 Å². The molecule has 5 nitrogen and oxygen atoms in total. The highest BCUT2D eigenvalue weighted by Crippen LogP contribution is 2.19. The molecule has 1 aliphatic rings. The van der Waals surface area contributed by atoms with E-state index in [1.165, 1.54) is 0 Å². The van der Waals surface area contributed by atoms with Gasteiger partial charge in [0.1, 0.15) is 5.75 Å². The molecule has 110 valence electrons. The van der Waals surface area contributed by atoms with Gasteiger partial charge in [-0.15, -0.1) is 0 Å². The molecule has 0 saturated carbocycles. The van der Waals surface area contributed by atoms with Crippen molar-refractivity contribution in [2.75, 3.05) is 45.1 Å². The first-order chi connectivity index (χ1) is 9.70. The van der Waals surface area contributed by atoms with Crippen molar-refractivity contribution < 1.29 is 9.53 Å². The summed E-state index contributed by atoms with van der Waals surface area (Å²) in [6, 6.07) is 7.35. The molecule has 0 aromatic heterocycles. The van der Waals surface area contributed by atoms with Crippen molar-refractivity contribution in [3.8, 4) is 5.75 Å². The molecular formula is C15H23N3O2. The number of anilines is 1. The highest BCUT2D eigenvalue weighted by molar-refractivity contribution is 5.76. The molecule has 1 amide bonds. The van der Waals surface area contributed by atoms with Crippen molar-refractivity contribution in [1.82, 2.24) is 9.80 Å². The first-order valence-electron chi connectivity index (χ1n) is 7.18. The van der Waals surface area contributed by atoms with Crippen LogP contribution < -0.4 is 10.5 Å². The number of piperazine rings is 1. The van der Waals surface area contributed by atoms with Crippen molar-refractivity contribution in [2.45, 2.75) is 13.3 Å². The topological polar surface area (TPSA) is 58.8 Å². The molecule has 20 heavy (non-hydrogen) atoms. The lowest BCUT2D eigenvalue weighted by atomic mass is 10.2. The SMILES string of the molecule is CCN1CCN(C(=O)CCOc2ccccc2N)CC1. The fraction of sp³-hybridized carbons (Fsp3) is 0.533. The molecule has 0 radical (unpaired) electrons. The number of para-hydroxylation sites is 2. The number of hydrogen-bond donors (Lipinski definition) is 1. The molecule has 0 bridgehead atoms. The van der Waals surface area contributed by atoms with Crippen LogP contribution in [0, 0.1) is 0 Å². The Labute approximate surface area is 120 Å². The van der Waals surface area contributed by atoms with Crippen LogP contribution in [0.4, 0.5) is 5.69 Å². The number of nitrogens with zero attached hydrogens (tertiary/aromatic N) is 2. The number of ether oxygens (including phenoxy) is 1. The number of carbonyl (C=O) groups excluding carboxylic acids is 1. The predicted octanol–water partition coefficient (Wildman–Crippen LogP) is 1.20. The lowest BCUT2D eigenvalue weighted by Gasteiger charge is -2.34. The first-order valence-corrected chi connectivity index (χ1v) is 7.18. The lowest BCUT2D eigenvalue weighted by Crippen LogP contribution is -2.48. The van der Waals surface area contributed by atoms with Crippen molar-refractivity contribution >= 4 is 11.6 Å². The third kappa shape index (κ3) is 3.87. The standard InChI is InChI=1S/C15H23N3O2/c1-2-17-8-10-18(11-9-17)15(19)7-12-20-14-6-4-3-5-13(14)16/h3-6H,2,7-12,16H2,1H3. The number of amides is 1. The van der Waals surface area contributed by atoms with Crippen molar-refractivity contribution in [1.29, 1.82) is 0 Å². The second-order valence-electron chi connectivity index (χ2n) is 4.95. The van der Waals surface area contributed by atoms with Crippen molar-refractivity contribution in [3.63, 3.8) is 0 Å². The monoisotopic (exact) mass is 277 g/mol. The third-order valence-electron chi connectivity index (χ3n) is 3.66. The summed E-state index contributed by atoms with van der Waals surface area (Å²) in [4.78, 5) is 16.3. The van der Waals surface area contributed by atoms with Gasteiger partial charge >= 0.3 is 0 Å². The van der Waals surface area contributed by atoms with Gasteiger partial charge in [0.25, 0.3) is 0 Å². The fourth-order valence-electron chi connectivity index (χ4n) is 2.33. The molecule has 0 unspecified atom stereocenters. The van der Waals surface area contributed by atoms with Gasteiger partial charge in [0, 0.05) is 26.2 Å². The van der Waals surface area contributed by atoms with Crippen LogP contribution in [0.5, 0.6) is 5.75 Å². The van der Waals surface area contributed by atoms with Crippen LogP contribution in [0.2, 0.25) is 0 Å². The van der Waals surface area contributed by atoms with Gasteiger partial charge in [-0.25, -0.2) is 0 Å². The highest BCUT2D eigenvalue weighted by atomic mass is 16.5. The molecule has 2 N–H and O–H groups in total. The van der Waals surface area contributed by atoms with E-state index in [1.807, 2.05) is 23.1 Å². The molecule has 1 saturated heterocycles. The van der Waals surface area contributed by atoms with Gasteiger partial charge in [-0.3, -0.25) is 4.79 Å². The normalized spacial score (nSPS) is 16.1. The van der Waals surface area contributed by atoms with E-state index in [0.29, 0.717) is 24.5 Å². The third-order valence-corrected chi connectivity index (χ3v) is 3.66. The molecule has 1 aromatic carbocycles. The zero-order valence-electron chi connectivity index (χ0n) is 12.0. The quantitative estimate of drug-likeness (QED) is 0.822. The van der Waals surface area contributed by atoms with Crippen LogP contribution in [0.15, 0.2) is 24.3 Å². The van der Waals surface area contributed by atoms with Gasteiger partial charge < -0.3 is 20.3 Å². The van der Waals surface area contributed by atoms with E-state index in [1.54, 1.807) is 6.07 Å². The summed E-state index contributed by atoms with van der Waals surface area (Å²) in [6.07, 6.45) is 0.403. The van der Waals surface area contributed by atoms with Gasteiger partial charge in [0.2, 0.25) is 5.91 Å². The predicted molar refractivity (Wildman–Crippen MR) is 79.7 cm³/mol. The average Bonchev–Trinajstić information content (AvgIpc) is 2.49. The first kappa shape index (κ1) is 14.7. The number of rotatable bonds is 5. The zero-order valence-corrected chi connectivity index (χ0v) is 12.0.